The number of aromatic nitrogens is 2. The van der Waals surface area contributed by atoms with Gasteiger partial charge in [0.25, 0.3) is 0 Å². The zero-order valence-corrected chi connectivity index (χ0v) is 14.6. The molecular weight excluding hydrogens is 302 g/mol. The standard InChI is InChI=1S/C19H27N3O2/c1-3-9-19(23)20-13-8-4-5-12-18-21-16-10-6-7-11-17(16)22(18)14-15-24-2/h3,6-7,9-11H,4-5,8,12-15H2,1-2H3,(H,20,23)/b9-3+. The number of nitrogens with zero attached hydrogens (tertiary/aromatic N) is 2. The first-order chi connectivity index (χ1) is 11.8. The van der Waals surface area contributed by atoms with Crippen LogP contribution < -0.4 is 5.32 Å². The van der Waals surface area contributed by atoms with Gasteiger partial charge in [-0.2, -0.15) is 0 Å². The number of unbranched alkanes of at least 4 members (excludes halogenated alkanes) is 2. The number of hydrogen-bond donors (Lipinski definition) is 1. The van der Waals surface area contributed by atoms with Gasteiger partial charge in [-0.15, -0.1) is 0 Å². The molecule has 0 atom stereocenters. The third-order valence-electron chi connectivity index (χ3n) is 3.95. The first kappa shape index (κ1) is 18.2. The second-order valence-corrected chi connectivity index (χ2v) is 5.76. The average molecular weight is 329 g/mol. The largest absolute Gasteiger partial charge is 0.383 e. The Balaban J connectivity index is 1.84. The van der Waals surface area contributed by atoms with E-state index in [1.807, 2.05) is 19.1 Å². The van der Waals surface area contributed by atoms with Crippen LogP contribution >= 0.6 is 0 Å². The van der Waals surface area contributed by atoms with Crippen LogP contribution in [-0.4, -0.2) is 35.7 Å². The number of fused-ring (bicyclic) bond motifs is 1. The summed E-state index contributed by atoms with van der Waals surface area (Å²) in [7, 11) is 1.72. The number of imidazole rings is 1. The second kappa shape index (κ2) is 9.88. The van der Waals surface area contributed by atoms with E-state index in [9.17, 15) is 4.79 Å². The zero-order chi connectivity index (χ0) is 17.2. The number of benzene rings is 1. The molecule has 0 saturated carbocycles. The summed E-state index contributed by atoms with van der Waals surface area (Å²) in [6.45, 7) is 4.08. The van der Waals surface area contributed by atoms with Crippen LogP contribution in [0.4, 0.5) is 0 Å². The Kier molecular flexibility index (Phi) is 7.49. The number of para-hydroxylation sites is 2. The smallest absolute Gasteiger partial charge is 0.243 e. The maximum atomic E-state index is 11.3. The fraction of sp³-hybridized carbons (Fsp3) is 0.474. The van der Waals surface area contributed by atoms with E-state index >= 15 is 0 Å². The van der Waals surface area contributed by atoms with Gasteiger partial charge in [0.05, 0.1) is 17.6 Å². The van der Waals surface area contributed by atoms with Crippen LogP contribution in [0.5, 0.6) is 0 Å². The Hall–Kier alpha value is -2.14. The first-order valence-electron chi connectivity index (χ1n) is 8.60. The fourth-order valence-electron chi connectivity index (χ4n) is 2.76. The maximum Gasteiger partial charge on any atom is 0.243 e. The second-order valence-electron chi connectivity index (χ2n) is 5.76. The number of methoxy groups -OCH3 is 1. The van der Waals surface area contributed by atoms with Crippen LogP contribution in [0.25, 0.3) is 11.0 Å². The van der Waals surface area contributed by atoms with Crippen molar-refractivity contribution < 1.29 is 9.53 Å². The molecule has 130 valence electrons. The van der Waals surface area contributed by atoms with Crippen molar-refractivity contribution in [3.63, 3.8) is 0 Å². The number of carbonyl (C=O) groups is 1. The van der Waals surface area contributed by atoms with E-state index in [2.05, 4.69) is 22.0 Å². The Bertz CT molecular complexity index is 676. The molecule has 1 amide bonds. The van der Waals surface area contributed by atoms with E-state index in [0.717, 1.165) is 50.1 Å². The number of allylic oxidation sites excluding steroid dienone is 1. The molecule has 2 aromatic rings. The first-order valence-corrected chi connectivity index (χ1v) is 8.60. The molecule has 5 heteroatoms. The Labute approximate surface area is 143 Å². The molecule has 0 bridgehead atoms. The van der Waals surface area contributed by atoms with Crippen LogP contribution in [0.1, 0.15) is 32.0 Å². The summed E-state index contributed by atoms with van der Waals surface area (Å²) >= 11 is 0. The lowest BCUT2D eigenvalue weighted by Gasteiger charge is -2.08. The normalized spacial score (nSPS) is 11.4. The Morgan fingerprint density at radius 2 is 2.12 bits per heavy atom. The molecule has 0 saturated heterocycles. The number of amides is 1. The minimum absolute atomic E-state index is 0.0149. The topological polar surface area (TPSA) is 56.2 Å². The van der Waals surface area contributed by atoms with E-state index in [1.54, 1.807) is 19.3 Å². The van der Waals surface area contributed by atoms with E-state index in [4.69, 9.17) is 9.72 Å². The van der Waals surface area contributed by atoms with Crippen molar-refractivity contribution in [2.24, 2.45) is 0 Å². The summed E-state index contributed by atoms with van der Waals surface area (Å²) in [6, 6.07) is 8.23. The molecule has 2 rings (SSSR count). The highest BCUT2D eigenvalue weighted by molar-refractivity contribution is 5.87. The van der Waals surface area contributed by atoms with Gasteiger partial charge in [-0.3, -0.25) is 4.79 Å². The zero-order valence-electron chi connectivity index (χ0n) is 14.6. The molecule has 1 aromatic carbocycles. The van der Waals surface area contributed by atoms with Crippen molar-refractivity contribution in [3.8, 4) is 0 Å². The minimum atomic E-state index is -0.0149. The average Bonchev–Trinajstić information content (AvgIpc) is 2.94. The predicted molar refractivity (Wildman–Crippen MR) is 97.0 cm³/mol. The van der Waals surface area contributed by atoms with Gasteiger partial charge in [0.1, 0.15) is 5.82 Å². The van der Waals surface area contributed by atoms with Crippen molar-refractivity contribution in [1.29, 1.82) is 0 Å². The molecule has 0 spiro atoms. The van der Waals surface area contributed by atoms with E-state index in [0.29, 0.717) is 6.61 Å². The van der Waals surface area contributed by atoms with Crippen LogP contribution in [0.15, 0.2) is 36.4 Å². The summed E-state index contributed by atoms with van der Waals surface area (Å²) in [5, 5.41) is 2.88. The summed E-state index contributed by atoms with van der Waals surface area (Å²) in [6.07, 6.45) is 7.38. The predicted octanol–water partition coefficient (Wildman–Crippen LogP) is 3.09. The fourth-order valence-corrected chi connectivity index (χ4v) is 2.76. The third kappa shape index (κ3) is 5.20. The lowest BCUT2D eigenvalue weighted by molar-refractivity contribution is -0.116. The quantitative estimate of drug-likeness (QED) is 0.538. The van der Waals surface area contributed by atoms with E-state index < -0.39 is 0 Å². The van der Waals surface area contributed by atoms with Gasteiger partial charge in [-0.1, -0.05) is 24.6 Å². The summed E-state index contributed by atoms with van der Waals surface area (Å²) in [4.78, 5) is 16.1. The highest BCUT2D eigenvalue weighted by Gasteiger charge is 2.09. The molecular formula is C19H27N3O2. The van der Waals surface area contributed by atoms with Crippen LogP contribution in [0.2, 0.25) is 0 Å². The summed E-state index contributed by atoms with van der Waals surface area (Å²) in [5.74, 6) is 1.10. The van der Waals surface area contributed by atoms with Gasteiger partial charge in [0.15, 0.2) is 0 Å². The van der Waals surface area contributed by atoms with Crippen LogP contribution in [-0.2, 0) is 22.5 Å². The number of ether oxygens (including phenoxy) is 1. The van der Waals surface area contributed by atoms with Crippen LogP contribution in [0.3, 0.4) is 0 Å². The molecule has 1 N–H and O–H groups in total. The van der Waals surface area contributed by atoms with Crippen molar-refractivity contribution in [3.05, 3.63) is 42.2 Å². The maximum absolute atomic E-state index is 11.3. The lowest BCUT2D eigenvalue weighted by atomic mass is 10.2. The minimum Gasteiger partial charge on any atom is -0.383 e. The van der Waals surface area contributed by atoms with Gasteiger partial charge in [-0.05, 0) is 38.0 Å². The van der Waals surface area contributed by atoms with Gasteiger partial charge >= 0.3 is 0 Å². The molecule has 1 heterocycles. The molecule has 0 fully saturated rings. The van der Waals surface area contributed by atoms with Gasteiger partial charge in [0, 0.05) is 26.6 Å². The lowest BCUT2D eigenvalue weighted by Crippen LogP contribution is -2.21. The SMILES string of the molecule is C/C=C/C(=O)NCCCCCc1nc2ccccc2n1CCOC. The number of rotatable bonds is 10. The molecule has 1 aromatic heterocycles. The molecule has 0 radical (unpaired) electrons. The highest BCUT2D eigenvalue weighted by atomic mass is 16.5. The number of hydrogen-bond acceptors (Lipinski definition) is 3. The van der Waals surface area contributed by atoms with E-state index in [-0.39, 0.29) is 5.91 Å². The third-order valence-corrected chi connectivity index (χ3v) is 3.95. The molecule has 5 nitrogen and oxygen atoms in total. The van der Waals surface area contributed by atoms with Gasteiger partial charge in [-0.25, -0.2) is 4.98 Å². The molecule has 0 aliphatic rings. The van der Waals surface area contributed by atoms with E-state index in [1.165, 1.54) is 5.52 Å². The van der Waals surface area contributed by atoms with Crippen LogP contribution in [0, 0.1) is 0 Å². The molecule has 0 aliphatic heterocycles. The number of carbonyl (C=O) groups excluding carboxylic acids is 1. The number of nitrogens with one attached hydrogen (secondary N) is 1. The van der Waals surface area contributed by atoms with Crippen molar-refractivity contribution in [2.75, 3.05) is 20.3 Å². The monoisotopic (exact) mass is 329 g/mol. The summed E-state index contributed by atoms with van der Waals surface area (Å²) in [5.41, 5.74) is 2.21. The van der Waals surface area contributed by atoms with Gasteiger partial charge in [0.2, 0.25) is 5.91 Å². The van der Waals surface area contributed by atoms with Crippen molar-refractivity contribution in [1.82, 2.24) is 14.9 Å². The summed E-state index contributed by atoms with van der Waals surface area (Å²) < 4.78 is 7.48. The molecule has 0 aliphatic carbocycles. The van der Waals surface area contributed by atoms with Crippen molar-refractivity contribution >= 4 is 16.9 Å². The Morgan fingerprint density at radius 3 is 2.92 bits per heavy atom. The number of aryl methyl sites for hydroxylation is 1. The molecule has 0 unspecified atom stereocenters. The van der Waals surface area contributed by atoms with Gasteiger partial charge < -0.3 is 14.6 Å². The van der Waals surface area contributed by atoms with Crippen molar-refractivity contribution in [2.45, 2.75) is 39.2 Å². The highest BCUT2D eigenvalue weighted by Crippen LogP contribution is 2.17. The molecule has 24 heavy (non-hydrogen) atoms. The Morgan fingerprint density at radius 1 is 1.29 bits per heavy atom.